The summed E-state index contributed by atoms with van der Waals surface area (Å²) in [6, 6.07) is 12.3. The van der Waals surface area contributed by atoms with Crippen LogP contribution in [0.2, 0.25) is 0 Å². The van der Waals surface area contributed by atoms with E-state index in [0.29, 0.717) is 18.4 Å². The van der Waals surface area contributed by atoms with Gasteiger partial charge < -0.3 is 19.0 Å². The van der Waals surface area contributed by atoms with Gasteiger partial charge in [0.2, 0.25) is 5.91 Å². The third-order valence-corrected chi connectivity index (χ3v) is 5.64. The number of anilines is 1. The van der Waals surface area contributed by atoms with Gasteiger partial charge in [-0.25, -0.2) is 0 Å². The van der Waals surface area contributed by atoms with Crippen LogP contribution in [-0.4, -0.2) is 44.2 Å². The van der Waals surface area contributed by atoms with Crippen molar-refractivity contribution in [1.29, 1.82) is 0 Å². The van der Waals surface area contributed by atoms with Gasteiger partial charge >= 0.3 is 0 Å². The molecule has 0 unspecified atom stereocenters. The lowest BCUT2D eigenvalue weighted by Gasteiger charge is -2.31. The molecule has 0 N–H and O–H groups in total. The van der Waals surface area contributed by atoms with E-state index in [2.05, 4.69) is 24.0 Å². The Hall–Kier alpha value is -2.53. The number of nitrogens with zero attached hydrogens (tertiary/aromatic N) is 2. The number of benzene rings is 1. The van der Waals surface area contributed by atoms with Crippen LogP contribution in [-0.2, 0) is 16.1 Å². The summed E-state index contributed by atoms with van der Waals surface area (Å²) in [6.45, 7) is 6.06. The van der Waals surface area contributed by atoms with Gasteiger partial charge in [0.25, 0.3) is 0 Å². The predicted octanol–water partition coefficient (Wildman–Crippen LogP) is 3.91. The monoisotopic (exact) mass is 380 g/mol. The van der Waals surface area contributed by atoms with Crippen molar-refractivity contribution in [3.8, 4) is 0 Å². The SMILES string of the molecule is C[C@H]1C[C@@H]1c1ccc(/C=C/C(=O)N(C)Cc2ccccc2N2CCOCC2)o1. The Bertz CT molecular complexity index is 851. The van der Waals surface area contributed by atoms with Crippen LogP contribution in [0, 0.1) is 5.92 Å². The first kappa shape index (κ1) is 18.8. The molecule has 0 spiro atoms. The summed E-state index contributed by atoms with van der Waals surface area (Å²) in [6.07, 6.45) is 4.56. The average molecular weight is 380 g/mol. The molecule has 1 aliphatic heterocycles. The molecule has 2 aromatic rings. The van der Waals surface area contributed by atoms with Gasteiger partial charge in [0, 0.05) is 44.4 Å². The number of hydrogen-bond donors (Lipinski definition) is 0. The molecule has 1 saturated heterocycles. The number of rotatable bonds is 6. The maximum absolute atomic E-state index is 12.6. The van der Waals surface area contributed by atoms with Crippen LogP contribution in [0.1, 0.15) is 36.3 Å². The third kappa shape index (κ3) is 4.30. The molecule has 1 aliphatic carbocycles. The molecule has 2 aliphatic rings. The normalized spacial score (nSPS) is 21.9. The van der Waals surface area contributed by atoms with E-state index in [1.807, 2.05) is 31.3 Å². The summed E-state index contributed by atoms with van der Waals surface area (Å²) in [5.74, 6) is 3.01. The van der Waals surface area contributed by atoms with E-state index in [-0.39, 0.29) is 5.91 Å². The van der Waals surface area contributed by atoms with Crippen LogP contribution < -0.4 is 4.90 Å². The summed E-state index contributed by atoms with van der Waals surface area (Å²) in [4.78, 5) is 16.6. The molecule has 1 amide bonds. The van der Waals surface area contributed by atoms with Gasteiger partial charge in [-0.15, -0.1) is 0 Å². The van der Waals surface area contributed by atoms with Crippen LogP contribution in [0.15, 0.2) is 46.9 Å². The minimum Gasteiger partial charge on any atom is -0.461 e. The fourth-order valence-electron chi connectivity index (χ4n) is 3.75. The van der Waals surface area contributed by atoms with Crippen molar-refractivity contribution in [1.82, 2.24) is 4.90 Å². The highest BCUT2D eigenvalue weighted by molar-refractivity contribution is 5.91. The molecule has 0 bridgehead atoms. The van der Waals surface area contributed by atoms with E-state index in [1.165, 1.54) is 12.1 Å². The standard InChI is InChI=1S/C23H28N2O3/c1-17-15-20(17)22-9-7-19(28-22)8-10-23(26)24(2)16-18-5-3-4-6-21(18)25-11-13-27-14-12-25/h3-10,17,20H,11-16H2,1-2H3/b10-8+/t17-,20-/m0/s1. The Labute approximate surface area is 166 Å². The maximum Gasteiger partial charge on any atom is 0.246 e. The van der Waals surface area contributed by atoms with Crippen LogP contribution in [0.25, 0.3) is 6.08 Å². The number of morpholine rings is 1. The van der Waals surface area contributed by atoms with Gasteiger partial charge in [0.15, 0.2) is 0 Å². The molecule has 5 nitrogen and oxygen atoms in total. The smallest absolute Gasteiger partial charge is 0.246 e. The van der Waals surface area contributed by atoms with Gasteiger partial charge in [-0.3, -0.25) is 4.79 Å². The van der Waals surface area contributed by atoms with Crippen molar-refractivity contribution in [3.63, 3.8) is 0 Å². The number of likely N-dealkylation sites (N-methyl/N-ethyl adjacent to an activating group) is 1. The number of para-hydroxylation sites is 1. The molecule has 1 aromatic carbocycles. The van der Waals surface area contributed by atoms with Crippen molar-refractivity contribution in [2.24, 2.45) is 5.92 Å². The molecular formula is C23H28N2O3. The zero-order chi connectivity index (χ0) is 19.5. The van der Waals surface area contributed by atoms with Gasteiger partial charge in [-0.1, -0.05) is 25.1 Å². The lowest BCUT2D eigenvalue weighted by atomic mass is 10.1. The second-order valence-corrected chi connectivity index (χ2v) is 7.82. The van der Waals surface area contributed by atoms with Crippen molar-refractivity contribution in [3.05, 3.63) is 59.6 Å². The topological polar surface area (TPSA) is 45.9 Å². The Morgan fingerprint density at radius 2 is 1.96 bits per heavy atom. The van der Waals surface area contributed by atoms with Crippen LogP contribution in [0.4, 0.5) is 5.69 Å². The van der Waals surface area contributed by atoms with Crippen molar-refractivity contribution in [2.45, 2.75) is 25.8 Å². The van der Waals surface area contributed by atoms with E-state index in [9.17, 15) is 4.79 Å². The molecule has 0 radical (unpaired) electrons. The minimum atomic E-state index is -0.0329. The summed E-state index contributed by atoms with van der Waals surface area (Å²) in [5, 5.41) is 0. The van der Waals surface area contributed by atoms with E-state index >= 15 is 0 Å². The molecule has 5 heteroatoms. The number of carbonyl (C=O) groups is 1. The second-order valence-electron chi connectivity index (χ2n) is 7.82. The van der Waals surface area contributed by atoms with Gasteiger partial charge in [-0.05, 0) is 42.2 Å². The Morgan fingerprint density at radius 3 is 2.71 bits per heavy atom. The summed E-state index contributed by atoms with van der Waals surface area (Å²) >= 11 is 0. The summed E-state index contributed by atoms with van der Waals surface area (Å²) in [7, 11) is 1.84. The lowest BCUT2D eigenvalue weighted by molar-refractivity contribution is -0.125. The lowest BCUT2D eigenvalue weighted by Crippen LogP contribution is -2.37. The number of amides is 1. The molecule has 1 aromatic heterocycles. The third-order valence-electron chi connectivity index (χ3n) is 5.64. The molecule has 28 heavy (non-hydrogen) atoms. The quantitative estimate of drug-likeness (QED) is 0.713. The van der Waals surface area contributed by atoms with Crippen molar-refractivity contribution >= 4 is 17.7 Å². The average Bonchev–Trinajstić information content (AvgIpc) is 3.26. The van der Waals surface area contributed by atoms with Crippen molar-refractivity contribution in [2.75, 3.05) is 38.3 Å². The van der Waals surface area contributed by atoms with E-state index in [1.54, 1.807) is 17.1 Å². The first-order valence-electron chi connectivity index (χ1n) is 10.1. The largest absolute Gasteiger partial charge is 0.461 e. The van der Waals surface area contributed by atoms with Crippen LogP contribution in [0.5, 0.6) is 0 Å². The molecule has 148 valence electrons. The maximum atomic E-state index is 12.6. The number of carbonyl (C=O) groups excluding carboxylic acids is 1. The zero-order valence-electron chi connectivity index (χ0n) is 16.6. The fourth-order valence-corrected chi connectivity index (χ4v) is 3.75. The molecule has 2 heterocycles. The minimum absolute atomic E-state index is 0.0329. The summed E-state index contributed by atoms with van der Waals surface area (Å²) < 4.78 is 11.3. The van der Waals surface area contributed by atoms with Crippen molar-refractivity contribution < 1.29 is 13.9 Å². The Kier molecular flexibility index (Phi) is 5.53. The highest BCUT2D eigenvalue weighted by atomic mass is 16.5. The highest BCUT2D eigenvalue weighted by Gasteiger charge is 2.36. The summed E-state index contributed by atoms with van der Waals surface area (Å²) in [5.41, 5.74) is 2.33. The Balaban J connectivity index is 1.38. The molecule has 2 fully saturated rings. The molecule has 4 rings (SSSR count). The van der Waals surface area contributed by atoms with Gasteiger partial charge in [0.05, 0.1) is 13.2 Å². The Morgan fingerprint density at radius 1 is 1.21 bits per heavy atom. The second kappa shape index (κ2) is 8.23. The highest BCUT2D eigenvalue weighted by Crippen LogP contribution is 2.47. The van der Waals surface area contributed by atoms with E-state index in [0.717, 1.165) is 43.4 Å². The number of ether oxygens (including phenoxy) is 1. The number of hydrogen-bond acceptors (Lipinski definition) is 4. The fraction of sp³-hybridized carbons (Fsp3) is 0.435. The predicted molar refractivity (Wildman–Crippen MR) is 110 cm³/mol. The first-order chi connectivity index (χ1) is 13.6. The van der Waals surface area contributed by atoms with Gasteiger partial charge in [-0.2, -0.15) is 0 Å². The van der Waals surface area contributed by atoms with E-state index < -0.39 is 0 Å². The zero-order valence-corrected chi connectivity index (χ0v) is 16.6. The van der Waals surface area contributed by atoms with Crippen LogP contribution >= 0.6 is 0 Å². The molecule has 2 atom stereocenters. The molecular weight excluding hydrogens is 352 g/mol. The first-order valence-corrected chi connectivity index (χ1v) is 10.1. The molecule has 1 saturated carbocycles. The van der Waals surface area contributed by atoms with Crippen LogP contribution in [0.3, 0.4) is 0 Å². The van der Waals surface area contributed by atoms with E-state index in [4.69, 9.17) is 9.15 Å². The number of furan rings is 1. The van der Waals surface area contributed by atoms with Gasteiger partial charge in [0.1, 0.15) is 11.5 Å².